The number of fused-ring (bicyclic) bond motifs is 4. The van der Waals surface area contributed by atoms with Crippen molar-refractivity contribution in [3.8, 4) is 17.5 Å². The Morgan fingerprint density at radius 2 is 1.83 bits per heavy atom. The molecule has 3 heterocycles. The predicted octanol–water partition coefficient (Wildman–Crippen LogP) is 4.63. The van der Waals surface area contributed by atoms with Crippen LogP contribution in [0.1, 0.15) is 40.2 Å². The maximum absolute atomic E-state index is 13.5. The van der Waals surface area contributed by atoms with E-state index in [2.05, 4.69) is 6.07 Å². The van der Waals surface area contributed by atoms with Crippen LogP contribution in [0.4, 0.5) is 13.2 Å². The van der Waals surface area contributed by atoms with Crippen molar-refractivity contribution in [2.24, 2.45) is 0 Å². The number of halogens is 3. The number of rotatable bonds is 2. The molecule has 2 aromatic carbocycles. The highest BCUT2D eigenvalue weighted by molar-refractivity contribution is 7.84. The predicted molar refractivity (Wildman–Crippen MR) is 122 cm³/mol. The average molecular weight is 500 g/mol. The zero-order valence-corrected chi connectivity index (χ0v) is 19.4. The van der Waals surface area contributed by atoms with Crippen LogP contribution in [0, 0.1) is 11.3 Å². The topological polar surface area (TPSA) is 75.3 Å². The molecule has 0 saturated carbocycles. The van der Waals surface area contributed by atoms with Crippen LogP contribution in [-0.4, -0.2) is 38.9 Å². The number of benzene rings is 2. The van der Waals surface area contributed by atoms with Crippen molar-refractivity contribution in [1.82, 2.24) is 9.47 Å². The van der Waals surface area contributed by atoms with Gasteiger partial charge in [0.15, 0.2) is 5.60 Å². The van der Waals surface area contributed by atoms with E-state index in [4.69, 9.17) is 4.74 Å². The number of nitrogens with zero attached hydrogens (tertiary/aromatic N) is 3. The van der Waals surface area contributed by atoms with E-state index in [0.717, 1.165) is 23.5 Å². The summed E-state index contributed by atoms with van der Waals surface area (Å²) in [7, 11) is -1.85. The third kappa shape index (κ3) is 3.80. The second-order valence-electron chi connectivity index (χ2n) is 8.57. The normalized spacial score (nSPS) is 17.2. The van der Waals surface area contributed by atoms with Gasteiger partial charge in [0.2, 0.25) is 0 Å². The molecular weight excluding hydrogens is 479 g/mol. The van der Waals surface area contributed by atoms with Gasteiger partial charge in [0.25, 0.3) is 5.91 Å². The minimum atomic E-state index is -4.73. The van der Waals surface area contributed by atoms with Gasteiger partial charge in [0, 0.05) is 37.8 Å². The summed E-state index contributed by atoms with van der Waals surface area (Å²) in [6.07, 6.45) is -2.74. The lowest BCUT2D eigenvalue weighted by Crippen LogP contribution is -2.50. The molecule has 35 heavy (non-hydrogen) atoms. The van der Waals surface area contributed by atoms with Crippen molar-refractivity contribution in [1.29, 1.82) is 5.26 Å². The van der Waals surface area contributed by atoms with Crippen molar-refractivity contribution in [3.63, 3.8) is 0 Å². The fourth-order valence-corrected chi connectivity index (χ4v) is 5.62. The van der Waals surface area contributed by atoms with Crippen LogP contribution in [0.25, 0.3) is 5.69 Å². The number of carbonyl (C=O) groups is 1. The van der Waals surface area contributed by atoms with Crippen molar-refractivity contribution in [3.05, 3.63) is 77.1 Å². The number of nitriles is 1. The van der Waals surface area contributed by atoms with Gasteiger partial charge in [0.05, 0.1) is 32.6 Å². The summed E-state index contributed by atoms with van der Waals surface area (Å²) in [5, 5.41) is 9.61. The standard InChI is InChI=1S/C25H20F3N3O3S/c1-35(33)21-8-6-16(14-18(21)25(26,27)28)23(32)30-12-10-24(11-13-30)22-9-7-17(15-29)31(22)19-4-2-3-5-20(19)34-24/h2-9,14H,10-13H2,1H3. The van der Waals surface area contributed by atoms with Crippen molar-refractivity contribution >= 4 is 16.7 Å². The summed E-state index contributed by atoms with van der Waals surface area (Å²) in [6.45, 7) is 0.522. The van der Waals surface area contributed by atoms with Crippen LogP contribution in [-0.2, 0) is 22.6 Å². The van der Waals surface area contributed by atoms with E-state index < -0.39 is 34.0 Å². The second kappa shape index (κ2) is 8.27. The fraction of sp³-hybridized carbons (Fsp3) is 0.280. The van der Waals surface area contributed by atoms with E-state index in [1.807, 2.05) is 34.9 Å². The Bertz CT molecular complexity index is 1400. The molecule has 0 aliphatic carbocycles. The fourth-order valence-electron chi connectivity index (χ4n) is 4.88. The Hall–Kier alpha value is -3.58. The molecule has 6 nitrogen and oxygen atoms in total. The molecule has 5 rings (SSSR count). The summed E-state index contributed by atoms with van der Waals surface area (Å²) in [5.41, 5.74) is 0.122. The number of amides is 1. The van der Waals surface area contributed by atoms with Crippen molar-refractivity contribution in [2.45, 2.75) is 29.5 Å². The van der Waals surface area contributed by atoms with Gasteiger partial charge in [0.1, 0.15) is 17.5 Å². The lowest BCUT2D eigenvalue weighted by atomic mass is 9.86. The van der Waals surface area contributed by atoms with E-state index >= 15 is 0 Å². The van der Waals surface area contributed by atoms with Gasteiger partial charge < -0.3 is 9.64 Å². The molecule has 1 aromatic heterocycles. The molecule has 1 saturated heterocycles. The van der Waals surface area contributed by atoms with Crippen LogP contribution in [0.2, 0.25) is 0 Å². The van der Waals surface area contributed by atoms with Crippen molar-refractivity contribution in [2.75, 3.05) is 19.3 Å². The van der Waals surface area contributed by atoms with Crippen LogP contribution >= 0.6 is 0 Å². The molecule has 10 heteroatoms. The van der Waals surface area contributed by atoms with E-state index in [0.29, 0.717) is 24.3 Å². The van der Waals surface area contributed by atoms with Crippen LogP contribution < -0.4 is 4.74 Å². The van der Waals surface area contributed by atoms with E-state index in [1.165, 1.54) is 17.2 Å². The van der Waals surface area contributed by atoms with E-state index in [9.17, 15) is 27.4 Å². The number of aromatic nitrogens is 1. The largest absolute Gasteiger partial charge is 0.479 e. The quantitative estimate of drug-likeness (QED) is 0.515. The summed E-state index contributed by atoms with van der Waals surface area (Å²) in [6, 6.07) is 16.4. The maximum Gasteiger partial charge on any atom is 0.417 e. The number of hydrogen-bond donors (Lipinski definition) is 0. The monoisotopic (exact) mass is 499 g/mol. The van der Waals surface area contributed by atoms with Crippen LogP contribution in [0.15, 0.2) is 59.5 Å². The van der Waals surface area contributed by atoms with E-state index in [1.54, 1.807) is 6.07 Å². The average Bonchev–Trinajstić information content (AvgIpc) is 3.29. The Balaban J connectivity index is 1.43. The summed E-state index contributed by atoms with van der Waals surface area (Å²) in [4.78, 5) is 14.3. The van der Waals surface area contributed by atoms with Crippen LogP contribution in [0.5, 0.6) is 5.75 Å². The first kappa shape index (κ1) is 23.2. The number of piperidine rings is 1. The molecule has 0 bridgehead atoms. The van der Waals surface area contributed by atoms with Gasteiger partial charge in [-0.15, -0.1) is 0 Å². The highest BCUT2D eigenvalue weighted by Gasteiger charge is 2.45. The summed E-state index contributed by atoms with van der Waals surface area (Å²) in [5.74, 6) is 0.105. The third-order valence-corrected chi connectivity index (χ3v) is 7.55. The molecule has 0 radical (unpaired) electrons. The maximum atomic E-state index is 13.5. The highest BCUT2D eigenvalue weighted by Crippen LogP contribution is 2.46. The second-order valence-corrected chi connectivity index (χ2v) is 9.92. The first-order valence-corrected chi connectivity index (χ1v) is 12.5. The van der Waals surface area contributed by atoms with Gasteiger partial charge in [-0.3, -0.25) is 13.6 Å². The molecule has 1 fully saturated rings. The highest BCUT2D eigenvalue weighted by atomic mass is 32.2. The zero-order chi connectivity index (χ0) is 25.0. The van der Waals surface area contributed by atoms with Gasteiger partial charge in [-0.2, -0.15) is 18.4 Å². The molecule has 1 amide bonds. The SMILES string of the molecule is CS(=O)c1ccc(C(=O)N2CCC3(CC2)Oc2ccccc2-n2c(C#N)ccc23)cc1C(F)(F)F. The van der Waals surface area contributed by atoms with E-state index in [-0.39, 0.29) is 23.5 Å². The molecule has 2 aliphatic rings. The lowest BCUT2D eigenvalue weighted by Gasteiger charge is -2.45. The molecule has 0 N–H and O–H groups in total. The summed E-state index contributed by atoms with van der Waals surface area (Å²) < 4.78 is 60.6. The lowest BCUT2D eigenvalue weighted by molar-refractivity contribution is -0.139. The number of hydrogen-bond acceptors (Lipinski definition) is 4. The van der Waals surface area contributed by atoms with Gasteiger partial charge in [-0.25, -0.2) is 0 Å². The number of ether oxygens (including phenoxy) is 1. The van der Waals surface area contributed by atoms with Gasteiger partial charge in [-0.1, -0.05) is 12.1 Å². The molecule has 1 spiro atoms. The Labute approximate surface area is 202 Å². The Morgan fingerprint density at radius 3 is 2.49 bits per heavy atom. The third-order valence-electron chi connectivity index (χ3n) is 6.57. The molecule has 1 atom stereocenters. The van der Waals surface area contributed by atoms with Crippen molar-refractivity contribution < 1.29 is 26.9 Å². The molecular formula is C25H20F3N3O3S. The van der Waals surface area contributed by atoms with Gasteiger partial charge >= 0.3 is 6.18 Å². The smallest absolute Gasteiger partial charge is 0.417 e. The molecule has 180 valence electrons. The Kier molecular flexibility index (Phi) is 5.48. The first-order chi connectivity index (χ1) is 16.6. The van der Waals surface area contributed by atoms with Gasteiger partial charge in [-0.05, 0) is 42.5 Å². The first-order valence-electron chi connectivity index (χ1n) is 10.9. The van der Waals surface area contributed by atoms with Crippen LogP contribution in [0.3, 0.4) is 0 Å². The summed E-state index contributed by atoms with van der Waals surface area (Å²) >= 11 is 0. The molecule has 3 aromatic rings. The molecule has 1 unspecified atom stereocenters. The molecule has 2 aliphatic heterocycles. The number of carbonyl (C=O) groups excluding carboxylic acids is 1. The zero-order valence-electron chi connectivity index (χ0n) is 18.6. The number of alkyl halides is 3. The number of likely N-dealkylation sites (tertiary alicyclic amines) is 1. The number of para-hydroxylation sites is 2. The Morgan fingerprint density at radius 1 is 1.11 bits per heavy atom. The minimum Gasteiger partial charge on any atom is -0.479 e. The minimum absolute atomic E-state index is 0.104.